The third-order valence-electron chi connectivity index (χ3n) is 3.61. The van der Waals surface area contributed by atoms with Gasteiger partial charge in [-0.05, 0) is 19.3 Å². The second kappa shape index (κ2) is 5.94. The number of nitrogens with one attached hydrogen (secondary N) is 1. The second-order valence-corrected chi connectivity index (χ2v) is 4.95. The van der Waals surface area contributed by atoms with E-state index in [0.717, 1.165) is 6.07 Å². The number of nitrogens with zero attached hydrogens (tertiary/aromatic N) is 1. The highest BCUT2D eigenvalue weighted by molar-refractivity contribution is 5.71. The van der Waals surface area contributed by atoms with Gasteiger partial charge in [-0.1, -0.05) is 0 Å². The van der Waals surface area contributed by atoms with Crippen LogP contribution >= 0.6 is 0 Å². The van der Waals surface area contributed by atoms with Crippen molar-refractivity contribution in [1.29, 1.82) is 0 Å². The summed E-state index contributed by atoms with van der Waals surface area (Å²) in [6.45, 7) is 0. The molecule has 0 spiro atoms. The summed E-state index contributed by atoms with van der Waals surface area (Å²) in [5.74, 6) is -2.24. The second-order valence-electron chi connectivity index (χ2n) is 4.95. The zero-order valence-electron chi connectivity index (χ0n) is 11.3. The minimum atomic E-state index is -0.870. The average Bonchev–Trinajstić information content (AvgIpc) is 2.88. The van der Waals surface area contributed by atoms with E-state index in [1.54, 1.807) is 0 Å². The zero-order valence-corrected chi connectivity index (χ0v) is 11.3. The molecular weight excluding hydrogens is 283 g/mol. The topological polar surface area (TPSA) is 102 Å². The highest BCUT2D eigenvalue weighted by Gasteiger charge is 2.31. The van der Waals surface area contributed by atoms with Crippen molar-refractivity contribution in [3.8, 4) is 5.75 Å². The molecule has 1 aliphatic carbocycles. The van der Waals surface area contributed by atoms with Crippen LogP contribution in [0.15, 0.2) is 12.1 Å². The maximum absolute atomic E-state index is 13.5. The average molecular weight is 298 g/mol. The van der Waals surface area contributed by atoms with Gasteiger partial charge in [-0.3, -0.25) is 14.9 Å². The van der Waals surface area contributed by atoms with Gasteiger partial charge < -0.3 is 15.2 Å². The van der Waals surface area contributed by atoms with Gasteiger partial charge in [-0.15, -0.1) is 0 Å². The van der Waals surface area contributed by atoms with E-state index in [9.17, 15) is 19.3 Å². The summed E-state index contributed by atoms with van der Waals surface area (Å²) in [5, 5.41) is 22.9. The van der Waals surface area contributed by atoms with Crippen LogP contribution in [0.1, 0.15) is 19.3 Å². The maximum Gasteiger partial charge on any atom is 0.306 e. The lowest BCUT2D eigenvalue weighted by atomic mass is 10.1. The molecule has 2 N–H and O–H groups in total. The first kappa shape index (κ1) is 15.0. The number of benzene rings is 1. The molecule has 0 saturated heterocycles. The summed E-state index contributed by atoms with van der Waals surface area (Å²) in [4.78, 5) is 21.2. The van der Waals surface area contributed by atoms with Gasteiger partial charge in [0.2, 0.25) is 0 Å². The molecule has 7 nitrogen and oxygen atoms in total. The number of aliphatic carboxylic acids is 1. The zero-order chi connectivity index (χ0) is 15.6. The molecule has 0 aromatic heterocycles. The van der Waals surface area contributed by atoms with Crippen LogP contribution in [0.2, 0.25) is 0 Å². The van der Waals surface area contributed by atoms with Gasteiger partial charge in [0.1, 0.15) is 5.69 Å². The minimum absolute atomic E-state index is 0.101. The highest BCUT2D eigenvalue weighted by Crippen LogP contribution is 2.35. The van der Waals surface area contributed by atoms with Gasteiger partial charge >= 0.3 is 5.97 Å². The van der Waals surface area contributed by atoms with Crippen LogP contribution in [-0.4, -0.2) is 29.2 Å². The number of methoxy groups -OCH3 is 1. The van der Waals surface area contributed by atoms with E-state index in [1.807, 2.05) is 0 Å². The number of carboxylic acid groups (broad SMARTS) is 1. The molecule has 0 bridgehead atoms. The van der Waals surface area contributed by atoms with E-state index in [4.69, 9.17) is 9.84 Å². The Hall–Kier alpha value is -2.38. The Morgan fingerprint density at radius 1 is 1.52 bits per heavy atom. The molecule has 1 fully saturated rings. The normalized spacial score (nSPS) is 21.0. The molecule has 114 valence electrons. The predicted molar refractivity (Wildman–Crippen MR) is 72.0 cm³/mol. The van der Waals surface area contributed by atoms with Crippen LogP contribution in [0.5, 0.6) is 5.75 Å². The Kier molecular flexibility index (Phi) is 4.25. The van der Waals surface area contributed by atoms with Gasteiger partial charge in [0.05, 0.1) is 24.0 Å². The molecule has 0 amide bonds. The van der Waals surface area contributed by atoms with Crippen molar-refractivity contribution >= 4 is 17.3 Å². The monoisotopic (exact) mass is 298 g/mol. The maximum atomic E-state index is 13.5. The Morgan fingerprint density at radius 3 is 2.76 bits per heavy atom. The van der Waals surface area contributed by atoms with Crippen LogP contribution in [0, 0.1) is 21.8 Å². The van der Waals surface area contributed by atoms with Crippen LogP contribution in [0.4, 0.5) is 15.8 Å². The lowest BCUT2D eigenvalue weighted by Crippen LogP contribution is -2.18. The molecule has 1 saturated carbocycles. The number of nitro groups is 1. The first-order chi connectivity index (χ1) is 9.92. The van der Waals surface area contributed by atoms with Gasteiger partial charge in [-0.2, -0.15) is 0 Å². The fraction of sp³-hybridized carbons (Fsp3) is 0.462. The smallest absolute Gasteiger partial charge is 0.306 e. The quantitative estimate of drug-likeness (QED) is 0.639. The van der Waals surface area contributed by atoms with Crippen molar-refractivity contribution in [3.05, 3.63) is 28.1 Å². The number of anilines is 1. The Morgan fingerprint density at radius 2 is 2.24 bits per heavy atom. The van der Waals surface area contributed by atoms with Crippen molar-refractivity contribution < 1.29 is 24.0 Å². The molecule has 0 heterocycles. The number of carbonyl (C=O) groups is 1. The number of hydrogen-bond acceptors (Lipinski definition) is 5. The van der Waals surface area contributed by atoms with E-state index in [1.165, 1.54) is 13.2 Å². The van der Waals surface area contributed by atoms with Crippen LogP contribution < -0.4 is 10.1 Å². The summed E-state index contributed by atoms with van der Waals surface area (Å²) in [6.07, 6.45) is 1.49. The third kappa shape index (κ3) is 3.21. The van der Waals surface area contributed by atoms with Gasteiger partial charge in [0.15, 0.2) is 11.6 Å². The first-order valence-electron chi connectivity index (χ1n) is 6.43. The fourth-order valence-corrected chi connectivity index (χ4v) is 2.52. The predicted octanol–water partition coefficient (Wildman–Crippen LogP) is 2.41. The molecule has 0 aliphatic heterocycles. The SMILES string of the molecule is COc1cc(N[C@H]2CC[C@@H](C(=O)O)C2)c([N+](=O)[O-])cc1F. The Balaban J connectivity index is 2.23. The molecular formula is C13H15FN2O5. The summed E-state index contributed by atoms with van der Waals surface area (Å²) in [5.41, 5.74) is -0.263. The molecule has 21 heavy (non-hydrogen) atoms. The fourth-order valence-electron chi connectivity index (χ4n) is 2.52. The summed E-state index contributed by atoms with van der Waals surface area (Å²) in [6, 6.07) is 1.83. The van der Waals surface area contributed by atoms with E-state index in [0.29, 0.717) is 19.3 Å². The van der Waals surface area contributed by atoms with Crippen molar-refractivity contribution in [1.82, 2.24) is 0 Å². The van der Waals surface area contributed by atoms with E-state index in [-0.39, 0.29) is 17.5 Å². The molecule has 0 unspecified atom stereocenters. The molecule has 0 radical (unpaired) electrons. The first-order valence-corrected chi connectivity index (χ1v) is 6.43. The molecule has 1 aromatic rings. The number of rotatable bonds is 5. The van der Waals surface area contributed by atoms with Crippen molar-refractivity contribution in [2.24, 2.45) is 5.92 Å². The molecule has 1 aliphatic rings. The Bertz CT molecular complexity index is 578. The summed E-state index contributed by atoms with van der Waals surface area (Å²) in [7, 11) is 1.27. The van der Waals surface area contributed by atoms with Gasteiger partial charge in [0, 0.05) is 12.1 Å². The number of carboxylic acids is 1. The summed E-state index contributed by atoms with van der Waals surface area (Å²) < 4.78 is 18.3. The largest absolute Gasteiger partial charge is 0.494 e. The highest BCUT2D eigenvalue weighted by atomic mass is 19.1. The Labute approximate surface area is 119 Å². The minimum Gasteiger partial charge on any atom is -0.494 e. The molecule has 8 heteroatoms. The van der Waals surface area contributed by atoms with Crippen LogP contribution in [-0.2, 0) is 4.79 Å². The number of halogens is 1. The number of ether oxygens (including phenoxy) is 1. The molecule has 1 aromatic carbocycles. The lowest BCUT2D eigenvalue weighted by molar-refractivity contribution is -0.384. The lowest BCUT2D eigenvalue weighted by Gasteiger charge is -2.15. The van der Waals surface area contributed by atoms with Gasteiger partial charge in [0.25, 0.3) is 5.69 Å². The van der Waals surface area contributed by atoms with Crippen molar-refractivity contribution in [2.75, 3.05) is 12.4 Å². The summed E-state index contributed by atoms with van der Waals surface area (Å²) >= 11 is 0. The van der Waals surface area contributed by atoms with E-state index >= 15 is 0 Å². The molecule has 2 atom stereocenters. The van der Waals surface area contributed by atoms with E-state index in [2.05, 4.69) is 5.32 Å². The van der Waals surface area contributed by atoms with Gasteiger partial charge in [-0.25, -0.2) is 4.39 Å². The van der Waals surface area contributed by atoms with Crippen molar-refractivity contribution in [3.63, 3.8) is 0 Å². The number of nitro benzene ring substituents is 1. The standard InChI is InChI=1S/C13H15FN2O5/c1-21-12-6-10(11(16(19)20)5-9(12)14)15-8-3-2-7(4-8)13(17)18/h5-8,15H,2-4H2,1H3,(H,17,18)/t7-,8+/m1/s1. The van der Waals surface area contributed by atoms with Crippen LogP contribution in [0.25, 0.3) is 0 Å². The van der Waals surface area contributed by atoms with E-state index < -0.39 is 28.3 Å². The number of hydrogen-bond donors (Lipinski definition) is 2. The third-order valence-corrected chi connectivity index (χ3v) is 3.61. The van der Waals surface area contributed by atoms with Crippen molar-refractivity contribution in [2.45, 2.75) is 25.3 Å². The molecule has 2 rings (SSSR count). The van der Waals surface area contributed by atoms with Crippen LogP contribution in [0.3, 0.4) is 0 Å².